The van der Waals surface area contributed by atoms with Gasteiger partial charge in [-0.05, 0) is 44.4 Å². The van der Waals surface area contributed by atoms with Gasteiger partial charge in [0.25, 0.3) is 0 Å². The molecule has 146 valence electrons. The van der Waals surface area contributed by atoms with Gasteiger partial charge in [0.15, 0.2) is 5.96 Å². The molecule has 1 aliphatic rings. The molecule has 7 heteroatoms. The van der Waals surface area contributed by atoms with Gasteiger partial charge in [0.2, 0.25) is 0 Å². The van der Waals surface area contributed by atoms with E-state index in [4.69, 9.17) is 0 Å². The number of hydrogen-bond donors (Lipinski definition) is 3. The molecule has 2 rings (SSSR count). The largest absolute Gasteiger partial charge is 0.386 e. The number of aromatic nitrogens is 1. The number of pyridine rings is 1. The molecule has 1 aromatic rings. The number of aliphatic hydroxyl groups is 1. The Labute approximate surface area is 174 Å². The minimum absolute atomic E-state index is 0. The smallest absolute Gasteiger partial charge is 0.191 e. The van der Waals surface area contributed by atoms with Gasteiger partial charge in [-0.3, -0.25) is 14.9 Å². The monoisotopic (exact) mass is 473 g/mol. The molecule has 0 radical (unpaired) electrons. The van der Waals surface area contributed by atoms with E-state index in [2.05, 4.69) is 39.0 Å². The van der Waals surface area contributed by atoms with Gasteiger partial charge in [0.05, 0.1) is 12.6 Å². The average Bonchev–Trinajstić information content (AvgIpc) is 2.61. The molecule has 1 aliphatic heterocycles. The van der Waals surface area contributed by atoms with Crippen LogP contribution >= 0.6 is 24.0 Å². The first-order chi connectivity index (χ1) is 12.1. The van der Waals surface area contributed by atoms with E-state index in [1.54, 1.807) is 12.4 Å². The summed E-state index contributed by atoms with van der Waals surface area (Å²) in [7, 11) is 0. The van der Waals surface area contributed by atoms with Crippen LogP contribution in [-0.4, -0.2) is 59.7 Å². The van der Waals surface area contributed by atoms with E-state index in [9.17, 15) is 5.11 Å². The van der Waals surface area contributed by atoms with Gasteiger partial charge >= 0.3 is 0 Å². The summed E-state index contributed by atoms with van der Waals surface area (Å²) in [5.41, 5.74) is 2.05. The Morgan fingerprint density at radius 2 is 2.04 bits per heavy atom. The lowest BCUT2D eigenvalue weighted by atomic mass is 10.0. The summed E-state index contributed by atoms with van der Waals surface area (Å²) in [6.07, 6.45) is 4.93. The summed E-state index contributed by atoms with van der Waals surface area (Å²) < 4.78 is 0. The van der Waals surface area contributed by atoms with Crippen molar-refractivity contribution in [3.8, 4) is 0 Å². The number of piperidine rings is 1. The van der Waals surface area contributed by atoms with Crippen molar-refractivity contribution in [3.63, 3.8) is 0 Å². The normalized spacial score (nSPS) is 17.3. The molecule has 1 atom stereocenters. The van der Waals surface area contributed by atoms with Gasteiger partial charge in [-0.15, -0.1) is 24.0 Å². The molecule has 0 saturated carbocycles. The topological polar surface area (TPSA) is 72.8 Å². The number of aliphatic hydroxyl groups excluding tert-OH is 1. The van der Waals surface area contributed by atoms with Crippen molar-refractivity contribution in [2.75, 3.05) is 32.7 Å². The molecule has 0 bridgehead atoms. The van der Waals surface area contributed by atoms with Crippen molar-refractivity contribution in [2.24, 2.45) is 4.99 Å². The van der Waals surface area contributed by atoms with Crippen molar-refractivity contribution in [3.05, 3.63) is 42.2 Å². The van der Waals surface area contributed by atoms with Gasteiger partial charge in [0, 0.05) is 44.6 Å². The quantitative estimate of drug-likeness (QED) is 0.246. The second-order valence-corrected chi connectivity index (χ2v) is 6.67. The Bertz CT molecular complexity index is 558. The summed E-state index contributed by atoms with van der Waals surface area (Å²) in [5, 5.41) is 17.0. The van der Waals surface area contributed by atoms with Crippen LogP contribution in [0.5, 0.6) is 0 Å². The Kier molecular flexibility index (Phi) is 10.8. The molecular weight excluding hydrogens is 441 g/mol. The molecule has 0 amide bonds. The van der Waals surface area contributed by atoms with Crippen LogP contribution in [0.25, 0.3) is 0 Å². The van der Waals surface area contributed by atoms with E-state index in [0.717, 1.165) is 50.5 Å². The first-order valence-electron chi connectivity index (χ1n) is 9.08. The Morgan fingerprint density at radius 1 is 1.38 bits per heavy atom. The lowest BCUT2D eigenvalue weighted by Gasteiger charge is -2.33. The molecule has 1 fully saturated rings. The molecule has 3 N–H and O–H groups in total. The standard InChI is InChI=1S/C19H31N5O.HI/c1-4-21-19(22-13-18(25)16-5-9-20-10-6-16)23-17-7-11-24(12-8-17)14-15(2)3;/h5-6,9-10,17-18,25H,2,4,7-8,11-14H2,1,3H3,(H2,21,22,23);1H. The summed E-state index contributed by atoms with van der Waals surface area (Å²) in [4.78, 5) is 11.0. The maximum atomic E-state index is 10.3. The fourth-order valence-corrected chi connectivity index (χ4v) is 3.00. The molecule has 1 unspecified atom stereocenters. The highest BCUT2D eigenvalue weighted by Crippen LogP contribution is 2.13. The number of aliphatic imine (C=N–C) groups is 1. The second kappa shape index (κ2) is 12.2. The molecular formula is C19H32IN5O. The zero-order chi connectivity index (χ0) is 18.1. The highest BCUT2D eigenvalue weighted by atomic mass is 127. The van der Waals surface area contributed by atoms with E-state index in [1.165, 1.54) is 5.57 Å². The Hall–Kier alpha value is -1.19. The summed E-state index contributed by atoms with van der Waals surface area (Å²) >= 11 is 0. The highest BCUT2D eigenvalue weighted by molar-refractivity contribution is 14.0. The van der Waals surface area contributed by atoms with Crippen LogP contribution in [0.2, 0.25) is 0 Å². The lowest BCUT2D eigenvalue weighted by Crippen LogP contribution is -2.49. The molecule has 0 aliphatic carbocycles. The van der Waals surface area contributed by atoms with Crippen molar-refractivity contribution in [1.29, 1.82) is 0 Å². The zero-order valence-electron chi connectivity index (χ0n) is 15.8. The van der Waals surface area contributed by atoms with Crippen LogP contribution in [-0.2, 0) is 0 Å². The third kappa shape index (κ3) is 8.01. The second-order valence-electron chi connectivity index (χ2n) is 6.67. The zero-order valence-corrected chi connectivity index (χ0v) is 18.1. The van der Waals surface area contributed by atoms with Gasteiger partial charge in [-0.2, -0.15) is 0 Å². The Balaban J connectivity index is 0.00000338. The summed E-state index contributed by atoms with van der Waals surface area (Å²) in [6, 6.07) is 4.05. The number of rotatable bonds is 7. The van der Waals surface area contributed by atoms with Crippen LogP contribution < -0.4 is 10.6 Å². The average molecular weight is 473 g/mol. The summed E-state index contributed by atoms with van der Waals surface area (Å²) in [6.45, 7) is 12.4. The van der Waals surface area contributed by atoms with Crippen molar-refractivity contribution in [1.82, 2.24) is 20.5 Å². The van der Waals surface area contributed by atoms with E-state index in [-0.39, 0.29) is 24.0 Å². The number of nitrogens with one attached hydrogen (secondary N) is 2. The third-order valence-electron chi connectivity index (χ3n) is 4.28. The van der Waals surface area contributed by atoms with Crippen molar-refractivity contribution < 1.29 is 5.11 Å². The van der Waals surface area contributed by atoms with Crippen LogP contribution in [0, 0.1) is 0 Å². The van der Waals surface area contributed by atoms with Gasteiger partial charge < -0.3 is 15.7 Å². The van der Waals surface area contributed by atoms with E-state index in [0.29, 0.717) is 12.6 Å². The van der Waals surface area contributed by atoms with Crippen LogP contribution in [0.3, 0.4) is 0 Å². The van der Waals surface area contributed by atoms with E-state index >= 15 is 0 Å². The van der Waals surface area contributed by atoms with E-state index < -0.39 is 6.10 Å². The first-order valence-corrected chi connectivity index (χ1v) is 9.08. The maximum Gasteiger partial charge on any atom is 0.191 e. The highest BCUT2D eigenvalue weighted by Gasteiger charge is 2.20. The van der Waals surface area contributed by atoms with Crippen LogP contribution in [0.15, 0.2) is 41.7 Å². The van der Waals surface area contributed by atoms with Gasteiger partial charge in [0.1, 0.15) is 0 Å². The van der Waals surface area contributed by atoms with Crippen LogP contribution in [0.4, 0.5) is 0 Å². The molecule has 0 spiro atoms. The predicted molar refractivity (Wildman–Crippen MR) is 118 cm³/mol. The predicted octanol–water partition coefficient (Wildman–Crippen LogP) is 2.33. The number of hydrogen-bond acceptors (Lipinski definition) is 4. The minimum atomic E-state index is -0.615. The number of guanidine groups is 1. The minimum Gasteiger partial charge on any atom is -0.386 e. The number of halogens is 1. The molecule has 2 heterocycles. The number of likely N-dealkylation sites (tertiary alicyclic amines) is 1. The first kappa shape index (κ1) is 22.9. The Morgan fingerprint density at radius 3 is 2.62 bits per heavy atom. The molecule has 0 aromatic carbocycles. The van der Waals surface area contributed by atoms with Gasteiger partial charge in [-0.1, -0.05) is 12.2 Å². The fraction of sp³-hybridized carbons (Fsp3) is 0.579. The summed E-state index contributed by atoms with van der Waals surface area (Å²) in [5.74, 6) is 0.772. The third-order valence-corrected chi connectivity index (χ3v) is 4.28. The fourth-order valence-electron chi connectivity index (χ4n) is 3.00. The molecule has 26 heavy (non-hydrogen) atoms. The maximum absolute atomic E-state index is 10.3. The SMILES string of the molecule is C=C(C)CN1CCC(NC(=NCC(O)c2ccncc2)NCC)CC1.I. The van der Waals surface area contributed by atoms with Gasteiger partial charge in [-0.25, -0.2) is 0 Å². The molecule has 1 aromatic heterocycles. The molecule has 6 nitrogen and oxygen atoms in total. The van der Waals surface area contributed by atoms with E-state index in [1.807, 2.05) is 19.1 Å². The lowest BCUT2D eigenvalue weighted by molar-refractivity contribution is 0.186. The van der Waals surface area contributed by atoms with Crippen molar-refractivity contribution >= 4 is 29.9 Å². The van der Waals surface area contributed by atoms with Crippen molar-refractivity contribution in [2.45, 2.75) is 38.8 Å². The number of nitrogens with zero attached hydrogens (tertiary/aromatic N) is 3. The van der Waals surface area contributed by atoms with Crippen LogP contribution in [0.1, 0.15) is 38.4 Å². The molecule has 1 saturated heterocycles.